The fourth-order valence-electron chi connectivity index (χ4n) is 1.68. The zero-order valence-electron chi connectivity index (χ0n) is 9.32. The average Bonchev–Trinajstić information content (AvgIpc) is 2.76. The van der Waals surface area contributed by atoms with Crippen LogP contribution in [0.25, 0.3) is 22.7 Å². The van der Waals surface area contributed by atoms with E-state index in [9.17, 15) is 0 Å². The van der Waals surface area contributed by atoms with Crippen LogP contribution in [0, 0.1) is 0 Å². The van der Waals surface area contributed by atoms with Crippen LogP contribution in [-0.4, -0.2) is 9.97 Å². The Morgan fingerprint density at radius 2 is 1.84 bits per heavy atom. The Labute approximate surface area is 123 Å². The van der Waals surface area contributed by atoms with Gasteiger partial charge < -0.3 is 10.2 Å². The van der Waals surface area contributed by atoms with Crippen LogP contribution in [0.5, 0.6) is 0 Å². The highest BCUT2D eigenvalue weighted by atomic mass is 35.5. The molecule has 7 heteroatoms. The maximum Gasteiger partial charge on any atom is 0.247 e. The van der Waals surface area contributed by atoms with E-state index < -0.39 is 0 Å². The van der Waals surface area contributed by atoms with Crippen LogP contribution in [0.1, 0.15) is 0 Å². The SMILES string of the molecule is Nc1c(Cl)cc(Cl)cc1-c1nc2cc(Cl)cnc2o1. The first-order valence-corrected chi connectivity index (χ1v) is 6.35. The second kappa shape index (κ2) is 4.56. The molecule has 4 nitrogen and oxygen atoms in total. The molecule has 2 N–H and O–H groups in total. The number of halogens is 3. The summed E-state index contributed by atoms with van der Waals surface area (Å²) in [6, 6.07) is 4.84. The first-order chi connectivity index (χ1) is 9.04. The lowest BCUT2D eigenvalue weighted by molar-refractivity contribution is 0.608. The number of aromatic nitrogens is 2. The van der Waals surface area contributed by atoms with Gasteiger partial charge in [-0.2, -0.15) is 0 Å². The average molecular weight is 315 g/mol. The van der Waals surface area contributed by atoms with E-state index >= 15 is 0 Å². The van der Waals surface area contributed by atoms with Crippen LogP contribution in [-0.2, 0) is 0 Å². The van der Waals surface area contributed by atoms with Gasteiger partial charge in [0.25, 0.3) is 0 Å². The van der Waals surface area contributed by atoms with E-state index in [1.54, 1.807) is 18.2 Å². The van der Waals surface area contributed by atoms with Crippen molar-refractivity contribution in [3.05, 3.63) is 39.5 Å². The molecule has 0 bridgehead atoms. The fraction of sp³-hybridized carbons (Fsp3) is 0. The van der Waals surface area contributed by atoms with Gasteiger partial charge in [-0.05, 0) is 18.2 Å². The summed E-state index contributed by atoms with van der Waals surface area (Å²) in [6.45, 7) is 0. The third-order valence-corrected chi connectivity index (χ3v) is 3.28. The monoisotopic (exact) mass is 313 g/mol. The highest BCUT2D eigenvalue weighted by molar-refractivity contribution is 6.37. The second-order valence-electron chi connectivity index (χ2n) is 3.85. The minimum absolute atomic E-state index is 0.298. The first-order valence-electron chi connectivity index (χ1n) is 5.21. The number of nitrogens with two attached hydrogens (primary N) is 1. The quantitative estimate of drug-likeness (QED) is 0.675. The molecule has 0 aliphatic carbocycles. The molecule has 0 spiro atoms. The van der Waals surface area contributed by atoms with Crippen LogP contribution >= 0.6 is 34.8 Å². The summed E-state index contributed by atoms with van der Waals surface area (Å²) in [7, 11) is 0. The third-order valence-electron chi connectivity index (χ3n) is 2.54. The number of rotatable bonds is 1. The molecule has 0 radical (unpaired) electrons. The van der Waals surface area contributed by atoms with Crippen LogP contribution in [0.3, 0.4) is 0 Å². The number of nitrogens with zero attached hydrogens (tertiary/aromatic N) is 2. The number of hydrogen-bond donors (Lipinski definition) is 1. The molecule has 3 rings (SSSR count). The van der Waals surface area contributed by atoms with Gasteiger partial charge in [0, 0.05) is 11.2 Å². The summed E-state index contributed by atoms with van der Waals surface area (Å²) in [5, 5.41) is 1.27. The molecule has 0 unspecified atom stereocenters. The number of hydrogen-bond acceptors (Lipinski definition) is 4. The first kappa shape index (κ1) is 12.5. The van der Waals surface area contributed by atoms with Gasteiger partial charge in [0.1, 0.15) is 5.52 Å². The van der Waals surface area contributed by atoms with Crippen molar-refractivity contribution >= 4 is 51.7 Å². The van der Waals surface area contributed by atoms with Gasteiger partial charge in [0.05, 0.1) is 21.3 Å². The molecule has 1 aromatic carbocycles. The van der Waals surface area contributed by atoms with E-state index in [-0.39, 0.29) is 0 Å². The van der Waals surface area contributed by atoms with Gasteiger partial charge in [-0.3, -0.25) is 0 Å². The molecule has 0 saturated carbocycles. The lowest BCUT2D eigenvalue weighted by Gasteiger charge is -2.04. The van der Waals surface area contributed by atoms with E-state index in [1.807, 2.05) is 0 Å². The summed E-state index contributed by atoms with van der Waals surface area (Å²) in [5.74, 6) is 0.298. The zero-order valence-corrected chi connectivity index (χ0v) is 11.6. The Hall–Kier alpha value is -1.49. The minimum atomic E-state index is 0.298. The minimum Gasteiger partial charge on any atom is -0.418 e. The Morgan fingerprint density at radius 1 is 1.05 bits per heavy atom. The smallest absolute Gasteiger partial charge is 0.247 e. The van der Waals surface area contributed by atoms with Crippen LogP contribution in [0.15, 0.2) is 28.8 Å². The van der Waals surface area contributed by atoms with Gasteiger partial charge in [0.2, 0.25) is 11.6 Å². The van der Waals surface area contributed by atoms with Crippen molar-refractivity contribution in [1.82, 2.24) is 9.97 Å². The highest BCUT2D eigenvalue weighted by Gasteiger charge is 2.15. The molecule has 0 atom stereocenters. The molecule has 0 saturated heterocycles. The number of oxazole rings is 1. The van der Waals surface area contributed by atoms with E-state index in [0.29, 0.717) is 43.4 Å². The van der Waals surface area contributed by atoms with E-state index in [2.05, 4.69) is 9.97 Å². The molecular weight excluding hydrogens is 309 g/mol. The van der Waals surface area contributed by atoms with Crippen molar-refractivity contribution in [2.24, 2.45) is 0 Å². The topological polar surface area (TPSA) is 64.9 Å². The van der Waals surface area contributed by atoms with Gasteiger partial charge >= 0.3 is 0 Å². The maximum atomic E-state index is 5.98. The van der Waals surface area contributed by atoms with Crippen molar-refractivity contribution in [2.75, 3.05) is 5.73 Å². The normalized spacial score (nSPS) is 11.1. The van der Waals surface area contributed by atoms with Crippen LogP contribution in [0.4, 0.5) is 5.69 Å². The van der Waals surface area contributed by atoms with E-state index in [4.69, 9.17) is 45.0 Å². The largest absolute Gasteiger partial charge is 0.418 e. The Bertz CT molecular complexity index is 785. The van der Waals surface area contributed by atoms with Crippen molar-refractivity contribution < 1.29 is 4.42 Å². The second-order valence-corrected chi connectivity index (χ2v) is 5.13. The number of pyridine rings is 1. The molecule has 3 aromatic rings. The number of anilines is 1. The molecule has 96 valence electrons. The van der Waals surface area contributed by atoms with Gasteiger partial charge in [-0.25, -0.2) is 9.97 Å². The Balaban J connectivity index is 2.24. The molecule has 2 aromatic heterocycles. The molecule has 0 aliphatic rings. The predicted molar refractivity (Wildman–Crippen MR) is 76.7 cm³/mol. The third kappa shape index (κ3) is 2.23. The summed E-state index contributed by atoms with van der Waals surface area (Å²) in [5.41, 5.74) is 7.68. The lowest BCUT2D eigenvalue weighted by Crippen LogP contribution is -1.91. The number of fused-ring (bicyclic) bond motifs is 1. The summed E-state index contributed by atoms with van der Waals surface area (Å²) in [6.07, 6.45) is 1.48. The zero-order chi connectivity index (χ0) is 13.6. The summed E-state index contributed by atoms with van der Waals surface area (Å²) >= 11 is 17.8. The molecule has 0 amide bonds. The summed E-state index contributed by atoms with van der Waals surface area (Å²) < 4.78 is 5.52. The fourth-order valence-corrected chi connectivity index (χ4v) is 2.32. The Morgan fingerprint density at radius 3 is 2.63 bits per heavy atom. The van der Waals surface area contributed by atoms with Gasteiger partial charge in [-0.15, -0.1) is 0 Å². The summed E-state index contributed by atoms with van der Waals surface area (Å²) in [4.78, 5) is 8.31. The van der Waals surface area contributed by atoms with Crippen molar-refractivity contribution in [1.29, 1.82) is 0 Å². The van der Waals surface area contributed by atoms with Crippen molar-refractivity contribution in [3.8, 4) is 11.5 Å². The highest BCUT2D eigenvalue weighted by Crippen LogP contribution is 2.35. The molecule has 0 fully saturated rings. The van der Waals surface area contributed by atoms with Crippen LogP contribution < -0.4 is 5.73 Å². The molecule has 19 heavy (non-hydrogen) atoms. The lowest BCUT2D eigenvalue weighted by atomic mass is 10.2. The maximum absolute atomic E-state index is 5.98. The van der Waals surface area contributed by atoms with E-state index in [1.165, 1.54) is 6.20 Å². The molecule has 0 aliphatic heterocycles. The van der Waals surface area contributed by atoms with Crippen molar-refractivity contribution in [3.63, 3.8) is 0 Å². The van der Waals surface area contributed by atoms with Gasteiger partial charge in [0.15, 0.2) is 0 Å². The number of benzene rings is 1. The molecular formula is C12H6Cl3N3O. The predicted octanol–water partition coefficient (Wildman–Crippen LogP) is 4.43. The van der Waals surface area contributed by atoms with E-state index in [0.717, 1.165) is 0 Å². The standard InChI is InChI=1S/C12H6Cl3N3O/c13-5-1-7(10(16)8(15)2-5)11-18-9-3-6(14)4-17-12(9)19-11/h1-4H,16H2. The van der Waals surface area contributed by atoms with Crippen LogP contribution in [0.2, 0.25) is 15.1 Å². The van der Waals surface area contributed by atoms with Gasteiger partial charge in [-0.1, -0.05) is 34.8 Å². The molecule has 2 heterocycles. The number of nitrogen functional groups attached to an aromatic ring is 1. The Kier molecular flexibility index (Phi) is 3.01. The van der Waals surface area contributed by atoms with Crippen molar-refractivity contribution in [2.45, 2.75) is 0 Å².